The first kappa shape index (κ1) is 8.39. The molecule has 1 saturated heterocycles. The molecule has 0 unspecified atom stereocenters. The van der Waals surface area contributed by atoms with Gasteiger partial charge in [-0.15, -0.1) is 0 Å². The van der Waals surface area contributed by atoms with E-state index in [4.69, 9.17) is 5.11 Å². The molecule has 2 atom stereocenters. The molecule has 0 bridgehead atoms. The molecule has 0 spiro atoms. The number of hydrogen-bond donors (Lipinski definition) is 1. The van der Waals surface area contributed by atoms with Crippen LogP contribution in [0.4, 0.5) is 8.78 Å². The van der Waals surface area contributed by atoms with Gasteiger partial charge in [-0.3, -0.25) is 4.79 Å². The molecule has 3 nitrogen and oxygen atoms in total. The smallest absolute Gasteiger partial charge is 0.309 e. The quantitative estimate of drug-likeness (QED) is 0.653. The van der Waals surface area contributed by atoms with Gasteiger partial charge in [-0.25, -0.2) is 8.78 Å². The van der Waals surface area contributed by atoms with Crippen LogP contribution in [0.15, 0.2) is 0 Å². The van der Waals surface area contributed by atoms with Crippen LogP contribution in [0, 0.1) is 11.8 Å². The van der Waals surface area contributed by atoms with Crippen molar-refractivity contribution in [1.82, 2.24) is 0 Å². The molecule has 5 heteroatoms. The lowest BCUT2D eigenvalue weighted by atomic mass is 9.97. The van der Waals surface area contributed by atoms with Crippen molar-refractivity contribution in [3.63, 3.8) is 0 Å². The van der Waals surface area contributed by atoms with Crippen molar-refractivity contribution >= 4 is 5.97 Å². The largest absolute Gasteiger partial charge is 0.481 e. The maximum Gasteiger partial charge on any atom is 0.309 e. The number of rotatable bonds is 2. The van der Waals surface area contributed by atoms with Gasteiger partial charge in [0.2, 0.25) is 6.43 Å². The van der Waals surface area contributed by atoms with E-state index in [2.05, 4.69) is 4.74 Å². The molecule has 1 fully saturated rings. The summed E-state index contributed by atoms with van der Waals surface area (Å²) in [6, 6.07) is 0. The molecule has 64 valence electrons. The summed E-state index contributed by atoms with van der Waals surface area (Å²) < 4.78 is 28.6. The molecule has 1 aliphatic rings. The molecule has 0 aliphatic carbocycles. The monoisotopic (exact) mass is 166 g/mol. The minimum Gasteiger partial charge on any atom is -0.481 e. The Kier molecular flexibility index (Phi) is 2.38. The van der Waals surface area contributed by atoms with Crippen LogP contribution < -0.4 is 0 Å². The molecule has 11 heavy (non-hydrogen) atoms. The molecule has 0 aromatic rings. The van der Waals surface area contributed by atoms with E-state index in [9.17, 15) is 13.6 Å². The van der Waals surface area contributed by atoms with Gasteiger partial charge >= 0.3 is 5.97 Å². The third kappa shape index (κ3) is 1.65. The van der Waals surface area contributed by atoms with Gasteiger partial charge < -0.3 is 9.84 Å². The highest BCUT2D eigenvalue weighted by molar-refractivity contribution is 5.70. The van der Waals surface area contributed by atoms with Gasteiger partial charge in [0.25, 0.3) is 0 Å². The Labute approximate surface area is 62.0 Å². The molecular formula is C6H8F2O3. The fourth-order valence-corrected chi connectivity index (χ4v) is 1.07. The Morgan fingerprint density at radius 3 is 2.55 bits per heavy atom. The van der Waals surface area contributed by atoms with E-state index in [1.807, 2.05) is 0 Å². The molecule has 0 amide bonds. The standard InChI is InChI=1S/C6H8F2O3/c7-5(8)3-1-11-2-4(3)6(9)10/h3-5H,1-2H2,(H,9,10)/t3-,4-/m1/s1. The van der Waals surface area contributed by atoms with Crippen molar-refractivity contribution in [3.8, 4) is 0 Å². The van der Waals surface area contributed by atoms with Gasteiger partial charge in [-0.05, 0) is 0 Å². The fourth-order valence-electron chi connectivity index (χ4n) is 1.07. The zero-order valence-corrected chi connectivity index (χ0v) is 5.67. The van der Waals surface area contributed by atoms with Crippen LogP contribution in [-0.2, 0) is 9.53 Å². The molecule has 1 heterocycles. The van der Waals surface area contributed by atoms with E-state index in [0.717, 1.165) is 0 Å². The van der Waals surface area contributed by atoms with Crippen molar-refractivity contribution in [3.05, 3.63) is 0 Å². The van der Waals surface area contributed by atoms with Crippen LogP contribution in [0.5, 0.6) is 0 Å². The Morgan fingerprint density at radius 1 is 1.55 bits per heavy atom. The third-order valence-electron chi connectivity index (χ3n) is 1.77. The van der Waals surface area contributed by atoms with Crippen LogP contribution in [0.2, 0.25) is 0 Å². The zero-order valence-electron chi connectivity index (χ0n) is 5.67. The third-order valence-corrected chi connectivity index (χ3v) is 1.77. The number of hydrogen-bond acceptors (Lipinski definition) is 2. The van der Waals surface area contributed by atoms with Gasteiger partial charge in [0.05, 0.1) is 25.0 Å². The Bertz CT molecular complexity index is 160. The molecule has 0 aromatic heterocycles. The molecular weight excluding hydrogens is 158 g/mol. The molecule has 0 aromatic carbocycles. The number of ether oxygens (including phenoxy) is 1. The van der Waals surface area contributed by atoms with Crippen LogP contribution >= 0.6 is 0 Å². The van der Waals surface area contributed by atoms with E-state index >= 15 is 0 Å². The van der Waals surface area contributed by atoms with E-state index in [1.165, 1.54) is 0 Å². The number of aliphatic carboxylic acids is 1. The summed E-state index contributed by atoms with van der Waals surface area (Å²) in [5.74, 6) is -3.37. The van der Waals surface area contributed by atoms with Crippen LogP contribution in [0.1, 0.15) is 0 Å². The molecule has 0 saturated carbocycles. The predicted octanol–water partition coefficient (Wildman–Crippen LogP) is 0.599. The Hall–Kier alpha value is -0.710. The second-order valence-electron chi connectivity index (χ2n) is 2.48. The van der Waals surface area contributed by atoms with Gasteiger partial charge in [-0.2, -0.15) is 0 Å². The summed E-state index contributed by atoms with van der Waals surface area (Å²) in [5, 5.41) is 8.42. The maximum absolute atomic E-state index is 12.0. The minimum absolute atomic E-state index is 0.0929. The zero-order chi connectivity index (χ0) is 8.43. The van der Waals surface area contributed by atoms with Crippen molar-refractivity contribution in [2.24, 2.45) is 11.8 Å². The molecule has 1 N–H and O–H groups in total. The van der Waals surface area contributed by atoms with Gasteiger partial charge in [0.1, 0.15) is 0 Å². The molecule has 1 aliphatic heterocycles. The summed E-state index contributed by atoms with van der Waals surface area (Å²) in [6.07, 6.45) is -2.60. The summed E-state index contributed by atoms with van der Waals surface area (Å²) in [5.41, 5.74) is 0. The highest BCUT2D eigenvalue weighted by Gasteiger charge is 2.39. The first-order valence-electron chi connectivity index (χ1n) is 3.21. The SMILES string of the molecule is O=C(O)[C@@H]1COC[C@H]1C(F)F. The lowest BCUT2D eigenvalue weighted by Crippen LogP contribution is -2.27. The summed E-state index contributed by atoms with van der Waals surface area (Å²) >= 11 is 0. The van der Waals surface area contributed by atoms with Gasteiger partial charge in [-0.1, -0.05) is 0 Å². The Balaban J connectivity index is 2.58. The molecule has 1 rings (SSSR count). The fraction of sp³-hybridized carbons (Fsp3) is 0.833. The summed E-state index contributed by atoms with van der Waals surface area (Å²) in [7, 11) is 0. The van der Waals surface area contributed by atoms with E-state index in [1.54, 1.807) is 0 Å². The topological polar surface area (TPSA) is 46.5 Å². The number of carbonyl (C=O) groups is 1. The average Bonchev–Trinajstić information content (AvgIpc) is 2.32. The second-order valence-corrected chi connectivity index (χ2v) is 2.48. The maximum atomic E-state index is 12.0. The minimum atomic E-state index is -2.60. The van der Waals surface area contributed by atoms with Crippen molar-refractivity contribution < 1.29 is 23.4 Å². The van der Waals surface area contributed by atoms with Crippen molar-refractivity contribution in [1.29, 1.82) is 0 Å². The first-order chi connectivity index (χ1) is 5.13. The lowest BCUT2D eigenvalue weighted by molar-refractivity contribution is -0.144. The summed E-state index contributed by atoms with van der Waals surface area (Å²) in [6.45, 7) is -0.237. The number of halogens is 2. The summed E-state index contributed by atoms with van der Waals surface area (Å²) in [4.78, 5) is 10.3. The molecule has 0 radical (unpaired) electrons. The van der Waals surface area contributed by atoms with E-state index in [0.29, 0.717) is 0 Å². The number of alkyl halides is 2. The number of carboxylic acids is 1. The Morgan fingerprint density at radius 2 is 2.18 bits per heavy atom. The highest BCUT2D eigenvalue weighted by atomic mass is 19.3. The van der Waals surface area contributed by atoms with E-state index < -0.39 is 24.2 Å². The lowest BCUT2D eigenvalue weighted by Gasteiger charge is -2.10. The van der Waals surface area contributed by atoms with Crippen molar-refractivity contribution in [2.45, 2.75) is 6.43 Å². The average molecular weight is 166 g/mol. The van der Waals surface area contributed by atoms with Crippen molar-refractivity contribution in [2.75, 3.05) is 13.2 Å². The van der Waals surface area contributed by atoms with E-state index in [-0.39, 0.29) is 13.2 Å². The van der Waals surface area contributed by atoms with Crippen LogP contribution in [-0.4, -0.2) is 30.7 Å². The van der Waals surface area contributed by atoms with Crippen LogP contribution in [0.25, 0.3) is 0 Å². The van der Waals surface area contributed by atoms with Gasteiger partial charge in [0.15, 0.2) is 0 Å². The first-order valence-corrected chi connectivity index (χ1v) is 3.21. The predicted molar refractivity (Wildman–Crippen MR) is 31.4 cm³/mol. The van der Waals surface area contributed by atoms with Gasteiger partial charge in [0, 0.05) is 0 Å². The van der Waals surface area contributed by atoms with Crippen LogP contribution in [0.3, 0.4) is 0 Å². The number of carboxylic acid groups (broad SMARTS) is 1. The normalized spacial score (nSPS) is 31.2. The second kappa shape index (κ2) is 3.13. The highest BCUT2D eigenvalue weighted by Crippen LogP contribution is 2.26.